The fraction of sp³-hybridized carbons (Fsp3) is 0.455. The van der Waals surface area contributed by atoms with Gasteiger partial charge in [0.2, 0.25) is 0 Å². The average Bonchev–Trinajstić information content (AvgIpc) is 2.77. The van der Waals surface area contributed by atoms with Crippen LogP contribution in [-0.4, -0.2) is 45.3 Å². The third kappa shape index (κ3) is 2.28. The zero-order chi connectivity index (χ0) is 14.0. The predicted octanol–water partition coefficient (Wildman–Crippen LogP) is 0.516. The highest BCUT2D eigenvalue weighted by molar-refractivity contribution is 5.90. The number of aryl methyl sites for hydroxylation is 1. The van der Waals surface area contributed by atoms with E-state index in [0.717, 1.165) is 0 Å². The molecule has 102 valence electrons. The van der Waals surface area contributed by atoms with Gasteiger partial charge in [0.1, 0.15) is 18.2 Å². The Kier molecular flexibility index (Phi) is 3.50. The second-order valence-corrected chi connectivity index (χ2v) is 4.12. The Morgan fingerprint density at radius 2 is 2.37 bits per heavy atom. The number of fused-ring (bicyclic) bond motifs is 1. The molecule has 0 radical (unpaired) electrons. The van der Waals surface area contributed by atoms with Crippen molar-refractivity contribution < 1.29 is 19.4 Å². The molecule has 1 N–H and O–H groups in total. The number of amides is 1. The third-order valence-electron chi connectivity index (χ3n) is 2.89. The van der Waals surface area contributed by atoms with Crippen LogP contribution in [0.3, 0.4) is 0 Å². The first-order chi connectivity index (χ1) is 9.06. The summed E-state index contributed by atoms with van der Waals surface area (Å²) in [6.07, 6.45) is 1.18. The van der Waals surface area contributed by atoms with Crippen molar-refractivity contribution in [1.29, 1.82) is 0 Å². The van der Waals surface area contributed by atoms with Gasteiger partial charge in [-0.25, -0.2) is 9.48 Å². The van der Waals surface area contributed by atoms with Gasteiger partial charge < -0.3 is 9.84 Å². The maximum absolute atomic E-state index is 11.9. The quantitative estimate of drug-likeness (QED) is 0.801. The van der Waals surface area contributed by atoms with Crippen molar-refractivity contribution in [3.8, 4) is 0 Å². The number of carboxylic acids is 1. The summed E-state index contributed by atoms with van der Waals surface area (Å²) in [4.78, 5) is 24.4. The standard InChI is InChI=1S/C11H14N4O4/c1-3-6-19-11(18)15-5-4-7(10(16)17)8-9(15)14(2)13-12-8/h3,7H,1,4-6H2,2H3,(H,16,17). The molecule has 2 heterocycles. The molecule has 0 fully saturated rings. The zero-order valence-electron chi connectivity index (χ0n) is 10.4. The first-order valence-corrected chi connectivity index (χ1v) is 5.73. The number of rotatable bonds is 3. The molecule has 0 aromatic carbocycles. The number of ether oxygens (including phenoxy) is 1. The Labute approximate surface area is 109 Å². The fourth-order valence-electron chi connectivity index (χ4n) is 2.03. The number of anilines is 1. The van der Waals surface area contributed by atoms with Crippen LogP contribution in [0.5, 0.6) is 0 Å². The Morgan fingerprint density at radius 3 is 3.00 bits per heavy atom. The van der Waals surface area contributed by atoms with E-state index >= 15 is 0 Å². The van der Waals surface area contributed by atoms with Gasteiger partial charge in [0.25, 0.3) is 0 Å². The Morgan fingerprint density at radius 1 is 1.63 bits per heavy atom. The highest BCUT2D eigenvalue weighted by Crippen LogP contribution is 2.33. The summed E-state index contributed by atoms with van der Waals surface area (Å²) in [6, 6.07) is 0. The van der Waals surface area contributed by atoms with E-state index in [0.29, 0.717) is 5.82 Å². The van der Waals surface area contributed by atoms with Gasteiger partial charge in [0.15, 0.2) is 5.82 Å². The number of carbonyl (C=O) groups is 2. The highest BCUT2D eigenvalue weighted by Gasteiger charge is 2.37. The number of aliphatic carboxylic acids is 1. The number of hydrogen-bond acceptors (Lipinski definition) is 5. The van der Waals surface area contributed by atoms with Crippen molar-refractivity contribution in [2.45, 2.75) is 12.3 Å². The molecule has 1 aromatic rings. The van der Waals surface area contributed by atoms with E-state index in [1.807, 2.05) is 0 Å². The van der Waals surface area contributed by atoms with Gasteiger partial charge in [-0.2, -0.15) is 0 Å². The lowest BCUT2D eigenvalue weighted by Gasteiger charge is -2.28. The summed E-state index contributed by atoms with van der Waals surface area (Å²) in [5.74, 6) is -1.35. The summed E-state index contributed by atoms with van der Waals surface area (Å²) in [6.45, 7) is 3.81. The number of carboxylic acid groups (broad SMARTS) is 1. The first kappa shape index (κ1) is 13.1. The number of carbonyl (C=O) groups excluding carboxylic acids is 1. The molecule has 0 saturated heterocycles. The largest absolute Gasteiger partial charge is 0.481 e. The van der Waals surface area contributed by atoms with Crippen LogP contribution in [0.25, 0.3) is 0 Å². The van der Waals surface area contributed by atoms with E-state index in [4.69, 9.17) is 9.84 Å². The molecule has 1 aliphatic rings. The maximum Gasteiger partial charge on any atom is 0.415 e. The number of hydrogen-bond donors (Lipinski definition) is 1. The molecule has 1 aliphatic heterocycles. The molecule has 1 atom stereocenters. The van der Waals surface area contributed by atoms with Crippen molar-refractivity contribution in [2.75, 3.05) is 18.1 Å². The predicted molar refractivity (Wildman–Crippen MR) is 64.9 cm³/mol. The van der Waals surface area contributed by atoms with Crippen LogP contribution in [0.15, 0.2) is 12.7 Å². The molecule has 0 spiro atoms. The van der Waals surface area contributed by atoms with E-state index in [2.05, 4.69) is 16.9 Å². The minimum Gasteiger partial charge on any atom is -0.481 e. The molecule has 0 bridgehead atoms. The summed E-state index contributed by atoms with van der Waals surface area (Å²) in [5.41, 5.74) is 0.289. The molecule has 0 saturated carbocycles. The zero-order valence-corrected chi connectivity index (χ0v) is 10.4. The van der Waals surface area contributed by atoms with Crippen LogP contribution in [0.2, 0.25) is 0 Å². The third-order valence-corrected chi connectivity index (χ3v) is 2.89. The smallest absolute Gasteiger partial charge is 0.415 e. The summed E-state index contributed by atoms with van der Waals surface area (Å²) < 4.78 is 6.33. The van der Waals surface area contributed by atoms with Gasteiger partial charge in [-0.3, -0.25) is 9.69 Å². The van der Waals surface area contributed by atoms with Crippen LogP contribution in [0.1, 0.15) is 18.0 Å². The fourth-order valence-corrected chi connectivity index (χ4v) is 2.03. The van der Waals surface area contributed by atoms with Gasteiger partial charge in [0, 0.05) is 13.6 Å². The SMILES string of the molecule is C=CCOC(=O)N1CCC(C(=O)O)c2nnn(C)c21. The van der Waals surface area contributed by atoms with E-state index in [1.165, 1.54) is 15.7 Å². The highest BCUT2D eigenvalue weighted by atomic mass is 16.6. The molecule has 1 unspecified atom stereocenters. The van der Waals surface area contributed by atoms with Gasteiger partial charge in [-0.1, -0.05) is 17.9 Å². The number of nitrogens with zero attached hydrogens (tertiary/aromatic N) is 4. The van der Waals surface area contributed by atoms with E-state index in [1.54, 1.807) is 7.05 Å². The summed E-state index contributed by atoms with van der Waals surface area (Å²) in [5, 5.41) is 16.7. The lowest BCUT2D eigenvalue weighted by atomic mass is 9.97. The molecular weight excluding hydrogens is 252 g/mol. The van der Waals surface area contributed by atoms with Gasteiger partial charge in [-0.05, 0) is 6.42 Å². The average molecular weight is 266 g/mol. The Balaban J connectivity index is 2.31. The lowest BCUT2D eigenvalue weighted by Crippen LogP contribution is -2.39. The van der Waals surface area contributed by atoms with Crippen LogP contribution >= 0.6 is 0 Å². The molecule has 1 aromatic heterocycles. The second-order valence-electron chi connectivity index (χ2n) is 4.12. The molecule has 8 nitrogen and oxygen atoms in total. The minimum absolute atomic E-state index is 0.0955. The van der Waals surface area contributed by atoms with Gasteiger partial charge in [-0.15, -0.1) is 5.10 Å². The molecular formula is C11H14N4O4. The van der Waals surface area contributed by atoms with E-state index in [9.17, 15) is 9.59 Å². The van der Waals surface area contributed by atoms with Crippen molar-refractivity contribution >= 4 is 17.9 Å². The second kappa shape index (κ2) is 5.09. The molecule has 1 amide bonds. The molecule has 0 aliphatic carbocycles. The van der Waals surface area contributed by atoms with Gasteiger partial charge in [0.05, 0.1) is 0 Å². The topological polar surface area (TPSA) is 97.6 Å². The van der Waals surface area contributed by atoms with Crippen molar-refractivity contribution in [1.82, 2.24) is 15.0 Å². The maximum atomic E-state index is 11.9. The van der Waals surface area contributed by atoms with Crippen molar-refractivity contribution in [3.05, 3.63) is 18.3 Å². The van der Waals surface area contributed by atoms with Crippen LogP contribution < -0.4 is 4.90 Å². The monoisotopic (exact) mass is 266 g/mol. The van der Waals surface area contributed by atoms with Crippen LogP contribution in [0, 0.1) is 0 Å². The summed E-state index contributed by atoms with van der Waals surface area (Å²) in [7, 11) is 1.60. The molecule has 8 heteroatoms. The normalized spacial score (nSPS) is 17.7. The van der Waals surface area contributed by atoms with E-state index in [-0.39, 0.29) is 25.3 Å². The van der Waals surface area contributed by atoms with Crippen molar-refractivity contribution in [2.24, 2.45) is 7.05 Å². The van der Waals surface area contributed by atoms with Gasteiger partial charge >= 0.3 is 12.1 Å². The lowest BCUT2D eigenvalue weighted by molar-refractivity contribution is -0.139. The Bertz CT molecular complexity index is 525. The minimum atomic E-state index is -0.971. The summed E-state index contributed by atoms with van der Waals surface area (Å²) >= 11 is 0. The molecule has 2 rings (SSSR count). The van der Waals surface area contributed by atoms with Crippen LogP contribution in [0.4, 0.5) is 10.6 Å². The van der Waals surface area contributed by atoms with Crippen molar-refractivity contribution in [3.63, 3.8) is 0 Å². The van der Waals surface area contributed by atoms with E-state index < -0.39 is 18.0 Å². The number of aromatic nitrogens is 3. The van der Waals surface area contributed by atoms with Crippen LogP contribution in [-0.2, 0) is 16.6 Å². The molecule has 19 heavy (non-hydrogen) atoms. The first-order valence-electron chi connectivity index (χ1n) is 5.73. The Hall–Kier alpha value is -2.38.